The van der Waals surface area contributed by atoms with Crippen molar-refractivity contribution in [2.45, 2.75) is 6.61 Å². The number of aromatic nitrogens is 2. The highest BCUT2D eigenvalue weighted by atomic mass is 35.5. The van der Waals surface area contributed by atoms with Crippen LogP contribution in [0.2, 0.25) is 5.02 Å². The molecule has 5 nitrogen and oxygen atoms in total. The predicted molar refractivity (Wildman–Crippen MR) is 66.3 cm³/mol. The van der Waals surface area contributed by atoms with Gasteiger partial charge in [0, 0.05) is 28.5 Å². The first-order valence-corrected chi connectivity index (χ1v) is 5.51. The number of amides is 1. The van der Waals surface area contributed by atoms with Crippen molar-refractivity contribution < 1.29 is 9.53 Å². The van der Waals surface area contributed by atoms with E-state index < -0.39 is 5.91 Å². The van der Waals surface area contributed by atoms with Crippen LogP contribution in [0.5, 0.6) is 5.88 Å². The molecule has 0 saturated carbocycles. The number of carbonyl (C=O) groups excluding carboxylic acids is 1. The molecule has 2 aromatic rings. The van der Waals surface area contributed by atoms with Crippen LogP contribution in [-0.2, 0) is 6.61 Å². The summed E-state index contributed by atoms with van der Waals surface area (Å²) in [7, 11) is 0. The minimum atomic E-state index is -0.507. The summed E-state index contributed by atoms with van der Waals surface area (Å²) in [4.78, 5) is 18.9. The van der Waals surface area contributed by atoms with Gasteiger partial charge in [0.05, 0.1) is 6.20 Å². The van der Waals surface area contributed by atoms with E-state index in [9.17, 15) is 4.79 Å². The smallest absolute Gasteiger partial charge is 0.248 e. The first-order valence-electron chi connectivity index (χ1n) is 5.14. The fraction of sp³-hybridized carbons (Fsp3) is 0.0833. The third-order valence-electron chi connectivity index (χ3n) is 2.25. The summed E-state index contributed by atoms with van der Waals surface area (Å²) in [6.45, 7) is 0.193. The highest BCUT2D eigenvalue weighted by Crippen LogP contribution is 2.19. The van der Waals surface area contributed by atoms with E-state index in [1.165, 1.54) is 12.4 Å². The topological polar surface area (TPSA) is 78.1 Å². The van der Waals surface area contributed by atoms with Crippen LogP contribution in [0.1, 0.15) is 15.9 Å². The Balaban J connectivity index is 2.14. The summed E-state index contributed by atoms with van der Waals surface area (Å²) in [6, 6.07) is 4.77. The molecule has 0 unspecified atom stereocenters. The van der Waals surface area contributed by atoms with Gasteiger partial charge in [-0.25, -0.2) is 4.98 Å². The number of primary amides is 1. The first-order chi connectivity index (χ1) is 8.66. The highest BCUT2D eigenvalue weighted by Gasteiger charge is 2.07. The first kappa shape index (κ1) is 12.3. The SMILES string of the molecule is NC(=O)c1ccc(Cl)c(COc2cnccn2)c1. The third kappa shape index (κ3) is 2.95. The maximum atomic E-state index is 11.1. The van der Waals surface area contributed by atoms with Crippen LogP contribution in [0.3, 0.4) is 0 Å². The van der Waals surface area contributed by atoms with Gasteiger partial charge in [0.2, 0.25) is 11.8 Å². The lowest BCUT2D eigenvalue weighted by molar-refractivity contribution is 0.1000. The van der Waals surface area contributed by atoms with E-state index in [2.05, 4.69) is 9.97 Å². The number of ether oxygens (including phenoxy) is 1. The maximum Gasteiger partial charge on any atom is 0.248 e. The number of benzene rings is 1. The number of hydrogen-bond acceptors (Lipinski definition) is 4. The minimum absolute atomic E-state index is 0.193. The number of rotatable bonds is 4. The summed E-state index contributed by atoms with van der Waals surface area (Å²) in [5.74, 6) is -0.120. The molecule has 6 heteroatoms. The van der Waals surface area contributed by atoms with E-state index in [0.29, 0.717) is 22.0 Å². The Morgan fingerprint density at radius 2 is 2.22 bits per heavy atom. The van der Waals surface area contributed by atoms with E-state index in [1.807, 2.05) is 0 Å². The number of halogens is 1. The van der Waals surface area contributed by atoms with Gasteiger partial charge in [-0.05, 0) is 18.2 Å². The van der Waals surface area contributed by atoms with Crippen molar-refractivity contribution in [2.24, 2.45) is 5.73 Å². The summed E-state index contributed by atoms with van der Waals surface area (Å²) in [5.41, 5.74) is 6.25. The Hall–Kier alpha value is -2.14. The zero-order valence-electron chi connectivity index (χ0n) is 9.34. The molecule has 1 heterocycles. The van der Waals surface area contributed by atoms with E-state index >= 15 is 0 Å². The zero-order valence-corrected chi connectivity index (χ0v) is 10.1. The molecule has 1 aromatic heterocycles. The molecule has 18 heavy (non-hydrogen) atoms. The number of hydrogen-bond donors (Lipinski definition) is 1. The average molecular weight is 264 g/mol. The van der Waals surface area contributed by atoms with Crippen molar-refractivity contribution in [3.05, 3.63) is 52.9 Å². The van der Waals surface area contributed by atoms with Gasteiger partial charge in [-0.1, -0.05) is 11.6 Å². The standard InChI is InChI=1S/C12H10ClN3O2/c13-10-2-1-8(12(14)17)5-9(10)7-18-11-6-15-3-4-16-11/h1-6H,7H2,(H2,14,17). The summed E-state index contributed by atoms with van der Waals surface area (Å²) in [6.07, 6.45) is 4.57. The number of nitrogens with zero attached hydrogens (tertiary/aromatic N) is 2. The Labute approximate surface area is 109 Å². The molecule has 0 aliphatic carbocycles. The Bertz CT molecular complexity index is 561. The summed E-state index contributed by atoms with van der Waals surface area (Å²) >= 11 is 6.00. The second-order valence-electron chi connectivity index (χ2n) is 3.50. The van der Waals surface area contributed by atoms with E-state index in [4.69, 9.17) is 22.1 Å². The van der Waals surface area contributed by atoms with Crippen molar-refractivity contribution in [1.29, 1.82) is 0 Å². The Kier molecular flexibility index (Phi) is 3.74. The molecule has 0 aliphatic rings. The molecular weight excluding hydrogens is 254 g/mol. The fourth-order valence-electron chi connectivity index (χ4n) is 1.35. The van der Waals surface area contributed by atoms with Gasteiger partial charge in [0.25, 0.3) is 0 Å². The van der Waals surface area contributed by atoms with E-state index in [-0.39, 0.29) is 6.61 Å². The predicted octanol–water partition coefficient (Wildman–Crippen LogP) is 1.81. The summed E-state index contributed by atoms with van der Waals surface area (Å²) in [5, 5.41) is 0.504. The molecule has 1 aromatic carbocycles. The van der Waals surface area contributed by atoms with E-state index in [0.717, 1.165) is 0 Å². The normalized spacial score (nSPS) is 10.1. The monoisotopic (exact) mass is 263 g/mol. The lowest BCUT2D eigenvalue weighted by Crippen LogP contribution is -2.11. The third-order valence-corrected chi connectivity index (χ3v) is 2.61. The summed E-state index contributed by atoms with van der Waals surface area (Å²) < 4.78 is 5.40. The second kappa shape index (κ2) is 5.46. The molecule has 0 fully saturated rings. The van der Waals surface area contributed by atoms with Gasteiger partial charge in [0.1, 0.15) is 6.61 Å². The molecule has 0 bridgehead atoms. The van der Waals surface area contributed by atoms with Crippen LogP contribution in [0.15, 0.2) is 36.8 Å². The lowest BCUT2D eigenvalue weighted by atomic mass is 10.1. The fourth-order valence-corrected chi connectivity index (χ4v) is 1.52. The van der Waals surface area contributed by atoms with Crippen LogP contribution < -0.4 is 10.5 Å². The molecule has 92 valence electrons. The molecule has 0 aliphatic heterocycles. The lowest BCUT2D eigenvalue weighted by Gasteiger charge is -2.07. The minimum Gasteiger partial charge on any atom is -0.472 e. The van der Waals surface area contributed by atoms with Crippen LogP contribution >= 0.6 is 11.6 Å². The molecule has 2 rings (SSSR count). The zero-order chi connectivity index (χ0) is 13.0. The van der Waals surface area contributed by atoms with Crippen molar-refractivity contribution in [2.75, 3.05) is 0 Å². The van der Waals surface area contributed by atoms with Gasteiger partial charge < -0.3 is 10.5 Å². The van der Waals surface area contributed by atoms with Gasteiger partial charge in [0.15, 0.2) is 0 Å². The molecule has 0 saturated heterocycles. The molecule has 1 amide bonds. The number of carbonyl (C=O) groups is 1. The maximum absolute atomic E-state index is 11.1. The van der Waals surface area contributed by atoms with Crippen LogP contribution in [0.25, 0.3) is 0 Å². The molecule has 0 radical (unpaired) electrons. The van der Waals surface area contributed by atoms with Crippen molar-refractivity contribution in [3.63, 3.8) is 0 Å². The molecular formula is C12H10ClN3O2. The molecule has 0 atom stereocenters. The largest absolute Gasteiger partial charge is 0.472 e. The van der Waals surface area contributed by atoms with Crippen molar-refractivity contribution >= 4 is 17.5 Å². The van der Waals surface area contributed by atoms with E-state index in [1.54, 1.807) is 24.4 Å². The molecule has 0 spiro atoms. The van der Waals surface area contributed by atoms with Crippen molar-refractivity contribution in [1.82, 2.24) is 9.97 Å². The molecule has 2 N–H and O–H groups in total. The van der Waals surface area contributed by atoms with Gasteiger partial charge >= 0.3 is 0 Å². The van der Waals surface area contributed by atoms with Gasteiger partial charge in [-0.15, -0.1) is 0 Å². The van der Waals surface area contributed by atoms with Gasteiger partial charge in [-0.3, -0.25) is 9.78 Å². The Morgan fingerprint density at radius 3 is 2.89 bits per heavy atom. The number of nitrogens with two attached hydrogens (primary N) is 1. The van der Waals surface area contributed by atoms with Crippen LogP contribution in [0, 0.1) is 0 Å². The van der Waals surface area contributed by atoms with Crippen LogP contribution in [0.4, 0.5) is 0 Å². The highest BCUT2D eigenvalue weighted by molar-refractivity contribution is 6.31. The quantitative estimate of drug-likeness (QED) is 0.912. The Morgan fingerprint density at radius 1 is 1.39 bits per heavy atom. The van der Waals surface area contributed by atoms with Crippen molar-refractivity contribution in [3.8, 4) is 5.88 Å². The second-order valence-corrected chi connectivity index (χ2v) is 3.91. The van der Waals surface area contributed by atoms with Gasteiger partial charge in [-0.2, -0.15) is 0 Å². The van der Waals surface area contributed by atoms with Crippen LogP contribution in [-0.4, -0.2) is 15.9 Å². The average Bonchev–Trinajstić information content (AvgIpc) is 2.38.